The molecule has 1 unspecified atom stereocenters. The highest BCUT2D eigenvalue weighted by Gasteiger charge is 2.16. The van der Waals surface area contributed by atoms with Crippen molar-refractivity contribution in [3.05, 3.63) is 35.9 Å². The first-order valence-corrected chi connectivity index (χ1v) is 5.23. The van der Waals surface area contributed by atoms with Crippen LogP contribution in [0.2, 0.25) is 0 Å². The van der Waals surface area contributed by atoms with Crippen LogP contribution >= 0.6 is 0 Å². The van der Waals surface area contributed by atoms with Gasteiger partial charge in [0.2, 0.25) is 5.90 Å². The zero-order valence-corrected chi connectivity index (χ0v) is 9.18. The molecule has 2 rings (SSSR count). The summed E-state index contributed by atoms with van der Waals surface area (Å²) in [5.41, 5.74) is 1.23. The summed E-state index contributed by atoms with van der Waals surface area (Å²) in [6, 6.07) is 10.3. The van der Waals surface area contributed by atoms with Crippen molar-refractivity contribution >= 4 is 5.90 Å². The standard InChI is InChI=1S/C12H16N2O/c1-10-9-14(2)13-12(15-10)8-11-6-4-3-5-7-11/h3-7,10H,8-9H2,1-2H3. The van der Waals surface area contributed by atoms with Gasteiger partial charge >= 0.3 is 0 Å². The fourth-order valence-electron chi connectivity index (χ4n) is 1.74. The summed E-state index contributed by atoms with van der Waals surface area (Å²) in [5, 5.41) is 6.29. The Labute approximate surface area is 90.4 Å². The third-order valence-corrected chi connectivity index (χ3v) is 2.34. The molecule has 0 saturated heterocycles. The van der Waals surface area contributed by atoms with E-state index in [0.29, 0.717) is 0 Å². The summed E-state index contributed by atoms with van der Waals surface area (Å²) in [4.78, 5) is 0. The molecule has 15 heavy (non-hydrogen) atoms. The molecule has 0 aliphatic carbocycles. The monoisotopic (exact) mass is 204 g/mol. The van der Waals surface area contributed by atoms with Crippen molar-refractivity contribution in [3.63, 3.8) is 0 Å². The van der Waals surface area contributed by atoms with Crippen LogP contribution in [-0.4, -0.2) is 30.6 Å². The fraction of sp³-hybridized carbons (Fsp3) is 0.417. The Bertz CT molecular complexity index is 348. The van der Waals surface area contributed by atoms with Gasteiger partial charge < -0.3 is 4.74 Å². The summed E-state index contributed by atoms with van der Waals surface area (Å²) in [7, 11) is 1.98. The zero-order chi connectivity index (χ0) is 10.7. The van der Waals surface area contributed by atoms with Gasteiger partial charge in [0.15, 0.2) is 0 Å². The Morgan fingerprint density at radius 3 is 2.80 bits per heavy atom. The molecule has 0 fully saturated rings. The van der Waals surface area contributed by atoms with Crippen molar-refractivity contribution < 1.29 is 4.74 Å². The number of hydrogen-bond donors (Lipinski definition) is 0. The van der Waals surface area contributed by atoms with E-state index in [2.05, 4.69) is 24.2 Å². The van der Waals surface area contributed by atoms with E-state index in [9.17, 15) is 0 Å². The summed E-state index contributed by atoms with van der Waals surface area (Å²) < 4.78 is 5.67. The molecule has 1 aromatic rings. The molecule has 1 atom stereocenters. The van der Waals surface area contributed by atoms with Crippen LogP contribution < -0.4 is 0 Å². The molecular formula is C12H16N2O. The summed E-state index contributed by atoms with van der Waals surface area (Å²) in [6.07, 6.45) is 1.00. The van der Waals surface area contributed by atoms with Gasteiger partial charge in [-0.3, -0.25) is 5.01 Å². The molecule has 3 heteroatoms. The number of ether oxygens (including phenoxy) is 1. The minimum Gasteiger partial charge on any atom is -0.475 e. The maximum absolute atomic E-state index is 5.67. The lowest BCUT2D eigenvalue weighted by molar-refractivity contribution is 0.115. The average molecular weight is 204 g/mol. The Balaban J connectivity index is 2.06. The first kappa shape index (κ1) is 10.0. The molecule has 1 aromatic carbocycles. The number of benzene rings is 1. The molecule has 0 bridgehead atoms. The Kier molecular flexibility index (Phi) is 2.90. The average Bonchev–Trinajstić information content (AvgIpc) is 2.17. The Morgan fingerprint density at radius 1 is 1.40 bits per heavy atom. The molecule has 1 aliphatic rings. The van der Waals surface area contributed by atoms with E-state index in [0.717, 1.165) is 18.9 Å². The Hall–Kier alpha value is -1.51. The number of nitrogens with zero attached hydrogens (tertiary/aromatic N) is 2. The van der Waals surface area contributed by atoms with Crippen molar-refractivity contribution in [2.75, 3.05) is 13.6 Å². The van der Waals surface area contributed by atoms with Crippen LogP contribution in [0.25, 0.3) is 0 Å². The molecule has 0 aromatic heterocycles. The van der Waals surface area contributed by atoms with E-state index in [-0.39, 0.29) is 6.10 Å². The SMILES string of the molecule is CC1CN(C)N=C(Cc2ccccc2)O1. The normalized spacial score (nSPS) is 20.8. The van der Waals surface area contributed by atoms with Crippen molar-refractivity contribution in [1.82, 2.24) is 5.01 Å². The molecule has 1 aliphatic heterocycles. The topological polar surface area (TPSA) is 24.8 Å². The van der Waals surface area contributed by atoms with Gasteiger partial charge in [-0.25, -0.2) is 0 Å². The molecular weight excluding hydrogens is 188 g/mol. The number of likely N-dealkylation sites (N-methyl/N-ethyl adjacent to an activating group) is 1. The van der Waals surface area contributed by atoms with Crippen molar-refractivity contribution in [1.29, 1.82) is 0 Å². The van der Waals surface area contributed by atoms with Gasteiger partial charge in [-0.05, 0) is 12.5 Å². The lowest BCUT2D eigenvalue weighted by Crippen LogP contribution is -2.34. The third-order valence-electron chi connectivity index (χ3n) is 2.34. The number of hydrogen-bond acceptors (Lipinski definition) is 3. The predicted octanol–water partition coefficient (Wildman–Crippen LogP) is 1.89. The minimum absolute atomic E-state index is 0.228. The quantitative estimate of drug-likeness (QED) is 0.735. The van der Waals surface area contributed by atoms with Crippen LogP contribution in [0.1, 0.15) is 12.5 Å². The predicted molar refractivity (Wildman–Crippen MR) is 60.8 cm³/mol. The van der Waals surface area contributed by atoms with E-state index in [1.54, 1.807) is 0 Å². The molecule has 1 heterocycles. The van der Waals surface area contributed by atoms with Crippen molar-refractivity contribution in [2.24, 2.45) is 5.10 Å². The highest BCUT2D eigenvalue weighted by Crippen LogP contribution is 2.09. The molecule has 0 saturated carbocycles. The zero-order valence-electron chi connectivity index (χ0n) is 9.18. The third kappa shape index (κ3) is 2.72. The molecule has 3 nitrogen and oxygen atoms in total. The number of hydrazone groups is 1. The van der Waals surface area contributed by atoms with Crippen LogP contribution in [0.5, 0.6) is 0 Å². The molecule has 0 N–H and O–H groups in total. The summed E-state index contributed by atoms with van der Waals surface area (Å²) in [6.45, 7) is 2.93. The van der Waals surface area contributed by atoms with Gasteiger partial charge in [0, 0.05) is 7.05 Å². The minimum atomic E-state index is 0.228. The van der Waals surface area contributed by atoms with Gasteiger partial charge in [0.25, 0.3) is 0 Å². The first-order valence-electron chi connectivity index (χ1n) is 5.23. The van der Waals surface area contributed by atoms with Gasteiger partial charge in [-0.1, -0.05) is 30.3 Å². The molecule has 80 valence electrons. The first-order chi connectivity index (χ1) is 7.24. The lowest BCUT2D eigenvalue weighted by atomic mass is 10.1. The van der Waals surface area contributed by atoms with E-state index < -0.39 is 0 Å². The van der Waals surface area contributed by atoms with Gasteiger partial charge in [-0.2, -0.15) is 0 Å². The van der Waals surface area contributed by atoms with Crippen LogP contribution in [0.4, 0.5) is 0 Å². The maximum atomic E-state index is 5.67. The Morgan fingerprint density at radius 2 is 2.13 bits per heavy atom. The van der Waals surface area contributed by atoms with E-state index in [1.807, 2.05) is 30.3 Å². The van der Waals surface area contributed by atoms with E-state index >= 15 is 0 Å². The second-order valence-corrected chi connectivity index (χ2v) is 3.92. The molecule has 0 spiro atoms. The lowest BCUT2D eigenvalue weighted by Gasteiger charge is -2.27. The maximum Gasteiger partial charge on any atom is 0.210 e. The molecule has 0 radical (unpaired) electrons. The summed E-state index contributed by atoms with van der Waals surface area (Å²) >= 11 is 0. The largest absolute Gasteiger partial charge is 0.475 e. The highest BCUT2D eigenvalue weighted by atomic mass is 16.5. The van der Waals surface area contributed by atoms with Crippen LogP contribution in [0.15, 0.2) is 35.4 Å². The van der Waals surface area contributed by atoms with Crippen molar-refractivity contribution in [2.45, 2.75) is 19.4 Å². The van der Waals surface area contributed by atoms with Crippen molar-refractivity contribution in [3.8, 4) is 0 Å². The smallest absolute Gasteiger partial charge is 0.210 e. The fourth-order valence-corrected chi connectivity index (χ4v) is 1.74. The van der Waals surface area contributed by atoms with E-state index in [1.165, 1.54) is 5.56 Å². The van der Waals surface area contributed by atoms with Crippen LogP contribution in [0.3, 0.4) is 0 Å². The van der Waals surface area contributed by atoms with E-state index in [4.69, 9.17) is 4.74 Å². The second kappa shape index (κ2) is 4.34. The number of rotatable bonds is 2. The van der Waals surface area contributed by atoms with Gasteiger partial charge in [0.1, 0.15) is 6.10 Å². The van der Waals surface area contributed by atoms with Crippen LogP contribution in [0, 0.1) is 0 Å². The molecule has 0 amide bonds. The van der Waals surface area contributed by atoms with Gasteiger partial charge in [-0.15, -0.1) is 5.10 Å². The second-order valence-electron chi connectivity index (χ2n) is 3.92. The summed E-state index contributed by atoms with van der Waals surface area (Å²) in [5.74, 6) is 0.808. The van der Waals surface area contributed by atoms with Gasteiger partial charge in [0.05, 0.1) is 13.0 Å². The van der Waals surface area contributed by atoms with Crippen LogP contribution in [-0.2, 0) is 11.2 Å². The highest BCUT2D eigenvalue weighted by molar-refractivity contribution is 5.79.